The van der Waals surface area contributed by atoms with Crippen LogP contribution >= 0.6 is 0 Å². The summed E-state index contributed by atoms with van der Waals surface area (Å²) in [6.45, 7) is 2.94. The second-order valence-corrected chi connectivity index (χ2v) is 4.72. The summed E-state index contributed by atoms with van der Waals surface area (Å²) in [6.07, 6.45) is 4.50. The van der Waals surface area contributed by atoms with Gasteiger partial charge in [-0.05, 0) is 48.4 Å². The van der Waals surface area contributed by atoms with Crippen molar-refractivity contribution in [2.24, 2.45) is 5.73 Å². The molecule has 1 saturated carbocycles. The van der Waals surface area contributed by atoms with Gasteiger partial charge in [-0.1, -0.05) is 6.07 Å². The highest BCUT2D eigenvalue weighted by atomic mass is 14.7. The Morgan fingerprint density at radius 3 is 2.87 bits per heavy atom. The van der Waals surface area contributed by atoms with Gasteiger partial charge < -0.3 is 10.7 Å². The number of aromatic nitrogens is 1. The van der Waals surface area contributed by atoms with Crippen molar-refractivity contribution in [3.63, 3.8) is 0 Å². The lowest BCUT2D eigenvalue weighted by Crippen LogP contribution is -2.19. The highest BCUT2D eigenvalue weighted by Gasteiger charge is 2.42. The Labute approximate surface area is 89.5 Å². The Balaban J connectivity index is 2.20. The van der Waals surface area contributed by atoms with Crippen LogP contribution in [0.3, 0.4) is 0 Å². The van der Waals surface area contributed by atoms with Gasteiger partial charge in [0.05, 0.1) is 0 Å². The van der Waals surface area contributed by atoms with Crippen molar-refractivity contribution in [3.05, 3.63) is 35.5 Å². The van der Waals surface area contributed by atoms with Gasteiger partial charge in [0.2, 0.25) is 0 Å². The first-order chi connectivity index (χ1) is 7.25. The fraction of sp³-hybridized carbons (Fsp3) is 0.385. The van der Waals surface area contributed by atoms with Crippen molar-refractivity contribution in [1.29, 1.82) is 0 Å². The normalized spacial score (nSPS) is 18.3. The molecule has 1 aromatic carbocycles. The number of nitrogens with two attached hydrogens (primary N) is 1. The van der Waals surface area contributed by atoms with Gasteiger partial charge in [-0.25, -0.2) is 0 Å². The fourth-order valence-electron chi connectivity index (χ4n) is 2.43. The minimum atomic E-state index is 0.302. The van der Waals surface area contributed by atoms with Gasteiger partial charge in [-0.2, -0.15) is 0 Å². The lowest BCUT2D eigenvalue weighted by Gasteiger charge is -2.14. The molecule has 0 aliphatic heterocycles. The van der Waals surface area contributed by atoms with Crippen molar-refractivity contribution >= 4 is 10.9 Å². The molecular formula is C13H16N2. The molecule has 0 atom stereocenters. The predicted molar refractivity (Wildman–Crippen MR) is 63.0 cm³/mol. The van der Waals surface area contributed by atoms with E-state index in [1.807, 2.05) is 6.20 Å². The lowest BCUT2D eigenvalue weighted by molar-refractivity contribution is 0.705. The third-order valence-corrected chi connectivity index (χ3v) is 3.71. The zero-order chi connectivity index (χ0) is 10.5. The van der Waals surface area contributed by atoms with Gasteiger partial charge in [-0.15, -0.1) is 0 Å². The molecule has 1 aliphatic rings. The molecule has 2 heteroatoms. The molecule has 1 fully saturated rings. The van der Waals surface area contributed by atoms with Gasteiger partial charge in [0.15, 0.2) is 0 Å². The molecule has 15 heavy (non-hydrogen) atoms. The molecule has 1 aliphatic carbocycles. The smallest absolute Gasteiger partial charge is 0.0483 e. The second kappa shape index (κ2) is 2.86. The maximum atomic E-state index is 5.86. The zero-order valence-corrected chi connectivity index (χ0v) is 9.01. The average Bonchev–Trinajstić information content (AvgIpc) is 2.90. The minimum Gasteiger partial charge on any atom is -0.361 e. The summed E-state index contributed by atoms with van der Waals surface area (Å²) in [4.78, 5) is 3.27. The van der Waals surface area contributed by atoms with Crippen molar-refractivity contribution in [2.45, 2.75) is 25.2 Å². The van der Waals surface area contributed by atoms with E-state index in [4.69, 9.17) is 5.73 Å². The van der Waals surface area contributed by atoms with E-state index in [-0.39, 0.29) is 0 Å². The highest BCUT2D eigenvalue weighted by molar-refractivity contribution is 5.83. The summed E-state index contributed by atoms with van der Waals surface area (Å²) in [5, 5.41) is 1.31. The van der Waals surface area contributed by atoms with E-state index >= 15 is 0 Å². The van der Waals surface area contributed by atoms with Crippen LogP contribution < -0.4 is 5.73 Å². The number of aromatic amines is 1. The Morgan fingerprint density at radius 1 is 1.40 bits per heavy atom. The molecule has 0 spiro atoms. The van der Waals surface area contributed by atoms with Gasteiger partial charge in [0.1, 0.15) is 0 Å². The summed E-state index contributed by atoms with van der Waals surface area (Å²) in [5.41, 5.74) is 10.2. The van der Waals surface area contributed by atoms with Crippen LogP contribution in [0, 0.1) is 6.92 Å². The van der Waals surface area contributed by atoms with Gasteiger partial charge >= 0.3 is 0 Å². The molecule has 2 nitrogen and oxygen atoms in total. The SMILES string of the molecule is Cc1cc(C2(CN)CC2)cc2cc[nH]c12. The second-order valence-electron chi connectivity index (χ2n) is 4.72. The quantitative estimate of drug-likeness (QED) is 0.768. The summed E-state index contributed by atoms with van der Waals surface area (Å²) >= 11 is 0. The number of fused-ring (bicyclic) bond motifs is 1. The van der Waals surface area contributed by atoms with E-state index in [9.17, 15) is 0 Å². The van der Waals surface area contributed by atoms with Crippen LogP contribution in [0.1, 0.15) is 24.0 Å². The van der Waals surface area contributed by atoms with Gasteiger partial charge in [0.25, 0.3) is 0 Å². The maximum Gasteiger partial charge on any atom is 0.0483 e. The largest absolute Gasteiger partial charge is 0.361 e. The highest BCUT2D eigenvalue weighted by Crippen LogP contribution is 2.48. The van der Waals surface area contributed by atoms with Crippen molar-refractivity contribution in [1.82, 2.24) is 4.98 Å². The van der Waals surface area contributed by atoms with Crippen LogP contribution in [0.25, 0.3) is 10.9 Å². The Bertz CT molecular complexity index is 506. The molecule has 0 saturated heterocycles. The Kier molecular flexibility index (Phi) is 1.71. The number of nitrogens with one attached hydrogen (secondary N) is 1. The predicted octanol–water partition coefficient (Wildman–Crippen LogP) is 2.47. The van der Waals surface area contributed by atoms with Crippen molar-refractivity contribution in [2.75, 3.05) is 6.54 Å². The summed E-state index contributed by atoms with van der Waals surface area (Å²) < 4.78 is 0. The molecule has 78 valence electrons. The summed E-state index contributed by atoms with van der Waals surface area (Å²) in [6, 6.07) is 6.72. The number of hydrogen-bond donors (Lipinski definition) is 2. The van der Waals surface area contributed by atoms with Crippen LogP contribution in [-0.2, 0) is 5.41 Å². The molecule has 0 bridgehead atoms. The van der Waals surface area contributed by atoms with Crippen LogP contribution in [0.2, 0.25) is 0 Å². The average molecular weight is 200 g/mol. The van der Waals surface area contributed by atoms with Gasteiger partial charge in [-0.3, -0.25) is 0 Å². The van der Waals surface area contributed by atoms with Crippen molar-refractivity contribution < 1.29 is 0 Å². The number of aryl methyl sites for hydroxylation is 1. The first-order valence-corrected chi connectivity index (χ1v) is 5.53. The van der Waals surface area contributed by atoms with E-state index in [0.717, 1.165) is 6.54 Å². The third kappa shape index (κ3) is 1.21. The molecule has 0 amide bonds. The van der Waals surface area contributed by atoms with E-state index in [2.05, 4.69) is 30.1 Å². The fourth-order valence-corrected chi connectivity index (χ4v) is 2.43. The van der Waals surface area contributed by atoms with Crippen LogP contribution in [0.4, 0.5) is 0 Å². The molecule has 0 radical (unpaired) electrons. The molecule has 3 N–H and O–H groups in total. The van der Waals surface area contributed by atoms with Crippen LogP contribution in [-0.4, -0.2) is 11.5 Å². The molecule has 1 aromatic heterocycles. The number of hydrogen-bond acceptors (Lipinski definition) is 1. The van der Waals surface area contributed by atoms with E-state index in [0.29, 0.717) is 5.41 Å². The summed E-state index contributed by atoms with van der Waals surface area (Å²) in [7, 11) is 0. The number of benzene rings is 1. The van der Waals surface area contributed by atoms with Gasteiger partial charge in [0, 0.05) is 23.7 Å². The molecule has 3 rings (SSSR count). The zero-order valence-electron chi connectivity index (χ0n) is 9.01. The van der Waals surface area contributed by atoms with Crippen molar-refractivity contribution in [3.8, 4) is 0 Å². The first-order valence-electron chi connectivity index (χ1n) is 5.53. The Hall–Kier alpha value is -1.28. The number of H-pyrrole nitrogens is 1. The maximum absolute atomic E-state index is 5.86. The number of rotatable bonds is 2. The van der Waals surface area contributed by atoms with E-state index in [1.54, 1.807) is 0 Å². The molecule has 1 heterocycles. The standard InChI is InChI=1S/C13H16N2/c1-9-6-11(13(8-14)3-4-13)7-10-2-5-15-12(9)10/h2,5-7,15H,3-4,8,14H2,1H3. The molecule has 2 aromatic rings. The minimum absolute atomic E-state index is 0.302. The summed E-state index contributed by atoms with van der Waals surface area (Å²) in [5.74, 6) is 0. The monoisotopic (exact) mass is 200 g/mol. The van der Waals surface area contributed by atoms with E-state index in [1.165, 1.54) is 34.9 Å². The van der Waals surface area contributed by atoms with Crippen LogP contribution in [0.15, 0.2) is 24.4 Å². The molecule has 0 unspecified atom stereocenters. The van der Waals surface area contributed by atoms with Crippen LogP contribution in [0.5, 0.6) is 0 Å². The topological polar surface area (TPSA) is 41.8 Å². The first kappa shape index (κ1) is 8.98. The Morgan fingerprint density at radius 2 is 2.20 bits per heavy atom. The lowest BCUT2D eigenvalue weighted by atomic mass is 9.93. The molecular weight excluding hydrogens is 184 g/mol. The van der Waals surface area contributed by atoms with E-state index < -0.39 is 0 Å². The third-order valence-electron chi connectivity index (χ3n) is 3.71.